The molecule has 0 unspecified atom stereocenters. The van der Waals surface area contributed by atoms with E-state index in [1.165, 1.54) is 22.2 Å². The van der Waals surface area contributed by atoms with E-state index in [0.717, 1.165) is 25.7 Å². The smallest absolute Gasteiger partial charge is 0.289 e. The van der Waals surface area contributed by atoms with Crippen LogP contribution in [0.2, 0.25) is 0 Å². The molecule has 2 aromatic carbocycles. The van der Waals surface area contributed by atoms with E-state index in [1.807, 2.05) is 18.2 Å². The van der Waals surface area contributed by atoms with Gasteiger partial charge in [0.05, 0.1) is 0 Å². The number of aryl methyl sites for hydroxylation is 1. The molecule has 0 saturated heterocycles. The normalized spacial score (nSPS) is 10.4. The number of hydrogen-bond acceptors (Lipinski definition) is 3. The fraction of sp³-hybridized carbons (Fsp3) is 0.300. The molecule has 0 aliphatic heterocycles. The van der Waals surface area contributed by atoms with Crippen LogP contribution < -0.4 is 5.48 Å². The lowest BCUT2D eigenvalue weighted by Crippen LogP contribution is -2.27. The lowest BCUT2D eigenvalue weighted by atomic mass is 10.0. The van der Waals surface area contributed by atoms with Crippen molar-refractivity contribution in [3.8, 4) is 11.1 Å². The highest BCUT2D eigenvalue weighted by atomic mass is 16.5. The summed E-state index contributed by atoms with van der Waals surface area (Å²) in [6.07, 6.45) is 4.88. The summed E-state index contributed by atoms with van der Waals surface area (Å²) < 4.78 is 0. The number of hydrogen-bond donors (Lipinski definition) is 2. The van der Waals surface area contributed by atoms with E-state index in [2.05, 4.69) is 36.4 Å². The van der Waals surface area contributed by atoms with Crippen molar-refractivity contribution in [2.45, 2.75) is 38.5 Å². The van der Waals surface area contributed by atoms with Gasteiger partial charge in [0.2, 0.25) is 5.78 Å². The molecule has 0 aromatic heterocycles. The van der Waals surface area contributed by atoms with Crippen molar-refractivity contribution in [3.63, 3.8) is 0 Å². The standard InChI is InChI=1S/C20H23NO3/c22-19(20(23)21-24)11-7-2-1-4-8-16-12-14-18(15-13-16)17-9-5-3-6-10-17/h3,5-6,9-10,12-15,24H,1-2,4,7-8,11H2,(H,21,23). The number of Topliss-reactive ketones (excluding diaryl/α,β-unsaturated/α-hetero) is 1. The Balaban J connectivity index is 1.66. The first-order valence-corrected chi connectivity index (χ1v) is 8.32. The van der Waals surface area contributed by atoms with Crippen LogP contribution in [0.15, 0.2) is 54.6 Å². The molecule has 0 saturated carbocycles. The van der Waals surface area contributed by atoms with Gasteiger partial charge < -0.3 is 0 Å². The van der Waals surface area contributed by atoms with Gasteiger partial charge >= 0.3 is 5.91 Å². The van der Waals surface area contributed by atoms with Gasteiger partial charge in [-0.15, -0.1) is 0 Å². The predicted octanol–water partition coefficient (Wildman–Crippen LogP) is 3.92. The van der Waals surface area contributed by atoms with Crippen LogP contribution in [-0.4, -0.2) is 16.9 Å². The van der Waals surface area contributed by atoms with Crippen LogP contribution in [0, 0.1) is 0 Å². The van der Waals surface area contributed by atoms with Gasteiger partial charge in [-0.1, -0.05) is 67.4 Å². The Morgan fingerprint density at radius 3 is 2.08 bits per heavy atom. The third-order valence-corrected chi connectivity index (χ3v) is 4.04. The Bertz CT molecular complexity index is 650. The second-order valence-electron chi connectivity index (χ2n) is 5.84. The van der Waals surface area contributed by atoms with Crippen molar-refractivity contribution in [2.75, 3.05) is 0 Å². The quantitative estimate of drug-likeness (QED) is 0.318. The first-order chi connectivity index (χ1) is 11.7. The molecule has 126 valence electrons. The minimum atomic E-state index is -0.923. The van der Waals surface area contributed by atoms with Crippen LogP contribution in [0.1, 0.15) is 37.7 Å². The fourth-order valence-electron chi connectivity index (χ4n) is 2.64. The number of amides is 1. The van der Waals surface area contributed by atoms with Crippen molar-refractivity contribution >= 4 is 11.7 Å². The monoisotopic (exact) mass is 325 g/mol. The van der Waals surface area contributed by atoms with E-state index in [4.69, 9.17) is 5.21 Å². The molecule has 0 atom stereocenters. The number of rotatable bonds is 9. The van der Waals surface area contributed by atoms with Crippen molar-refractivity contribution in [2.24, 2.45) is 0 Å². The number of nitrogens with one attached hydrogen (secondary N) is 1. The van der Waals surface area contributed by atoms with Crippen LogP contribution in [0.4, 0.5) is 0 Å². The van der Waals surface area contributed by atoms with Gasteiger partial charge in [0.1, 0.15) is 0 Å². The number of unbranched alkanes of at least 4 members (excludes halogenated alkanes) is 3. The summed E-state index contributed by atoms with van der Waals surface area (Å²) in [4.78, 5) is 22.0. The summed E-state index contributed by atoms with van der Waals surface area (Å²) >= 11 is 0. The Kier molecular flexibility index (Phi) is 7.18. The summed E-state index contributed by atoms with van der Waals surface area (Å²) in [7, 11) is 0. The zero-order valence-corrected chi connectivity index (χ0v) is 13.7. The molecule has 2 rings (SSSR count). The van der Waals surface area contributed by atoms with Crippen molar-refractivity contribution in [1.82, 2.24) is 5.48 Å². The van der Waals surface area contributed by atoms with Gasteiger partial charge in [-0.25, -0.2) is 5.48 Å². The first kappa shape index (κ1) is 17.9. The Labute approximate surface area is 142 Å². The molecule has 4 heteroatoms. The number of carbonyl (C=O) groups is 2. The van der Waals surface area contributed by atoms with E-state index in [9.17, 15) is 9.59 Å². The highest BCUT2D eigenvalue weighted by molar-refractivity contribution is 6.35. The third-order valence-electron chi connectivity index (χ3n) is 4.04. The molecule has 4 nitrogen and oxygen atoms in total. The summed E-state index contributed by atoms with van der Waals surface area (Å²) in [6, 6.07) is 18.9. The zero-order chi connectivity index (χ0) is 17.2. The second-order valence-corrected chi connectivity index (χ2v) is 5.84. The highest BCUT2D eigenvalue weighted by Gasteiger charge is 2.11. The maximum absolute atomic E-state index is 11.2. The third kappa shape index (κ3) is 5.63. The molecular formula is C20H23NO3. The molecule has 0 spiro atoms. The summed E-state index contributed by atoms with van der Waals surface area (Å²) in [5.41, 5.74) is 5.12. The van der Waals surface area contributed by atoms with Crippen molar-refractivity contribution < 1.29 is 14.8 Å². The number of hydroxylamine groups is 1. The Hall–Kier alpha value is -2.46. The van der Waals surface area contributed by atoms with Gasteiger partial charge in [-0.2, -0.15) is 0 Å². The van der Waals surface area contributed by atoms with Gasteiger partial charge in [0.15, 0.2) is 0 Å². The number of benzene rings is 2. The SMILES string of the molecule is O=C(CCCCCCc1ccc(-c2ccccc2)cc1)C(=O)NO. The van der Waals surface area contributed by atoms with Crippen molar-refractivity contribution in [1.29, 1.82) is 0 Å². The average Bonchev–Trinajstić information content (AvgIpc) is 2.64. The highest BCUT2D eigenvalue weighted by Crippen LogP contribution is 2.20. The molecule has 2 aromatic rings. The second kappa shape index (κ2) is 9.63. The molecule has 24 heavy (non-hydrogen) atoms. The first-order valence-electron chi connectivity index (χ1n) is 8.32. The molecule has 0 fully saturated rings. The molecule has 0 heterocycles. The van der Waals surface area contributed by atoms with Gasteiger partial charge in [0.25, 0.3) is 0 Å². The predicted molar refractivity (Wildman–Crippen MR) is 93.6 cm³/mol. The molecule has 0 bridgehead atoms. The Morgan fingerprint density at radius 1 is 0.792 bits per heavy atom. The lowest BCUT2D eigenvalue weighted by molar-refractivity contribution is -0.143. The zero-order valence-electron chi connectivity index (χ0n) is 13.7. The molecular weight excluding hydrogens is 302 g/mol. The molecule has 0 radical (unpaired) electrons. The van der Waals surface area contributed by atoms with Crippen LogP contribution >= 0.6 is 0 Å². The lowest BCUT2D eigenvalue weighted by Gasteiger charge is -2.05. The average molecular weight is 325 g/mol. The topological polar surface area (TPSA) is 66.4 Å². The van der Waals surface area contributed by atoms with Gasteiger partial charge in [-0.05, 0) is 36.0 Å². The van der Waals surface area contributed by atoms with E-state index in [-0.39, 0.29) is 6.42 Å². The van der Waals surface area contributed by atoms with Crippen molar-refractivity contribution in [3.05, 3.63) is 60.2 Å². The van der Waals surface area contributed by atoms with Crippen LogP contribution in [0.3, 0.4) is 0 Å². The van der Waals surface area contributed by atoms with Crippen LogP contribution in [0.5, 0.6) is 0 Å². The largest absolute Gasteiger partial charge is 0.310 e. The summed E-state index contributed by atoms with van der Waals surface area (Å²) in [5.74, 6) is -1.48. The van der Waals surface area contributed by atoms with Gasteiger partial charge in [-0.3, -0.25) is 14.8 Å². The van der Waals surface area contributed by atoms with Crippen LogP contribution in [-0.2, 0) is 16.0 Å². The maximum Gasteiger partial charge on any atom is 0.310 e. The minimum absolute atomic E-state index is 0.193. The molecule has 1 amide bonds. The van der Waals surface area contributed by atoms with Gasteiger partial charge in [0, 0.05) is 6.42 Å². The fourth-order valence-corrected chi connectivity index (χ4v) is 2.64. The van der Waals surface area contributed by atoms with E-state index in [0.29, 0.717) is 6.42 Å². The van der Waals surface area contributed by atoms with Crippen LogP contribution in [0.25, 0.3) is 11.1 Å². The molecule has 2 N–H and O–H groups in total. The van der Waals surface area contributed by atoms with E-state index in [1.54, 1.807) is 0 Å². The van der Waals surface area contributed by atoms with E-state index < -0.39 is 11.7 Å². The van der Waals surface area contributed by atoms with E-state index >= 15 is 0 Å². The number of ketones is 1. The molecule has 0 aliphatic carbocycles. The maximum atomic E-state index is 11.2. The number of carbonyl (C=O) groups excluding carboxylic acids is 2. The summed E-state index contributed by atoms with van der Waals surface area (Å²) in [5, 5.41) is 8.34. The summed E-state index contributed by atoms with van der Waals surface area (Å²) in [6.45, 7) is 0. The molecule has 0 aliphatic rings. The Morgan fingerprint density at radius 2 is 1.42 bits per heavy atom. The minimum Gasteiger partial charge on any atom is -0.289 e.